The van der Waals surface area contributed by atoms with Gasteiger partial charge in [-0.3, -0.25) is 0 Å². The maximum absolute atomic E-state index is 6.07. The van der Waals surface area contributed by atoms with E-state index in [0.717, 1.165) is 24.3 Å². The lowest BCUT2D eigenvalue weighted by atomic mass is 10.1. The van der Waals surface area contributed by atoms with Crippen LogP contribution in [0.2, 0.25) is 5.02 Å². The molecule has 0 radical (unpaired) electrons. The van der Waals surface area contributed by atoms with Crippen molar-refractivity contribution in [3.8, 4) is 0 Å². The fourth-order valence-corrected chi connectivity index (χ4v) is 3.41. The van der Waals surface area contributed by atoms with Crippen LogP contribution in [0.3, 0.4) is 0 Å². The van der Waals surface area contributed by atoms with Crippen molar-refractivity contribution in [1.29, 1.82) is 0 Å². The number of rotatable bonds is 5. The summed E-state index contributed by atoms with van der Waals surface area (Å²) >= 11 is 6.07. The molecule has 0 bridgehead atoms. The fraction of sp³-hybridized carbons (Fsp3) is 0.368. The molecule has 0 aromatic heterocycles. The van der Waals surface area contributed by atoms with Gasteiger partial charge in [0.25, 0.3) is 0 Å². The van der Waals surface area contributed by atoms with Crippen molar-refractivity contribution in [2.24, 2.45) is 0 Å². The van der Waals surface area contributed by atoms with Crippen molar-refractivity contribution < 1.29 is 0 Å². The maximum Gasteiger partial charge on any atom is 0.0408 e. The second kappa shape index (κ2) is 6.64. The Labute approximate surface area is 132 Å². The largest absolute Gasteiger partial charge is 0.311 e. The predicted octanol–water partition coefficient (Wildman–Crippen LogP) is 4.42. The van der Waals surface area contributed by atoms with Gasteiger partial charge in [0.05, 0.1) is 0 Å². The molecule has 0 saturated carbocycles. The van der Waals surface area contributed by atoms with Crippen molar-refractivity contribution in [1.82, 2.24) is 5.32 Å². The first-order chi connectivity index (χ1) is 10.2. The molecular weight excluding hydrogens is 278 g/mol. The standard InChI is InChI=1S/C19H22ClN/c1-14(7-8-15-5-3-2-4-6-15)21-19-12-16-9-10-18(20)11-17(16)13-19/h2-6,9-11,14,19,21H,7-8,12-13H2,1H3. The van der Waals surface area contributed by atoms with Crippen LogP contribution in [0, 0.1) is 0 Å². The lowest BCUT2D eigenvalue weighted by Crippen LogP contribution is -2.37. The summed E-state index contributed by atoms with van der Waals surface area (Å²) in [4.78, 5) is 0. The van der Waals surface area contributed by atoms with E-state index in [9.17, 15) is 0 Å². The smallest absolute Gasteiger partial charge is 0.0408 e. The average molecular weight is 300 g/mol. The van der Waals surface area contributed by atoms with Crippen molar-refractivity contribution in [2.45, 2.75) is 44.7 Å². The Morgan fingerprint density at radius 1 is 1.10 bits per heavy atom. The zero-order valence-corrected chi connectivity index (χ0v) is 13.2. The minimum Gasteiger partial charge on any atom is -0.311 e. The third kappa shape index (κ3) is 3.87. The number of halogens is 1. The van der Waals surface area contributed by atoms with Crippen molar-refractivity contribution in [3.05, 3.63) is 70.2 Å². The predicted molar refractivity (Wildman–Crippen MR) is 90.0 cm³/mol. The molecule has 1 N–H and O–H groups in total. The third-order valence-corrected chi connectivity index (χ3v) is 4.57. The van der Waals surface area contributed by atoms with Gasteiger partial charge in [-0.15, -0.1) is 0 Å². The highest BCUT2D eigenvalue weighted by Gasteiger charge is 2.22. The Hall–Kier alpha value is -1.31. The molecule has 0 amide bonds. The van der Waals surface area contributed by atoms with Gasteiger partial charge in [-0.25, -0.2) is 0 Å². The zero-order chi connectivity index (χ0) is 14.7. The third-order valence-electron chi connectivity index (χ3n) is 4.33. The molecule has 0 aliphatic heterocycles. The van der Waals surface area contributed by atoms with Gasteiger partial charge in [0.15, 0.2) is 0 Å². The summed E-state index contributed by atoms with van der Waals surface area (Å²) in [5.41, 5.74) is 4.29. The van der Waals surface area contributed by atoms with E-state index in [-0.39, 0.29) is 0 Å². The number of aryl methyl sites for hydroxylation is 1. The van der Waals surface area contributed by atoms with E-state index in [1.54, 1.807) is 0 Å². The molecule has 2 heteroatoms. The summed E-state index contributed by atoms with van der Waals surface area (Å²) in [7, 11) is 0. The number of nitrogens with one attached hydrogen (secondary N) is 1. The van der Waals surface area contributed by atoms with Crippen LogP contribution >= 0.6 is 11.6 Å². The van der Waals surface area contributed by atoms with Crippen molar-refractivity contribution >= 4 is 11.6 Å². The van der Waals surface area contributed by atoms with Crippen LogP contribution in [-0.2, 0) is 19.3 Å². The average Bonchev–Trinajstić information content (AvgIpc) is 2.87. The highest BCUT2D eigenvalue weighted by Crippen LogP contribution is 2.25. The topological polar surface area (TPSA) is 12.0 Å². The van der Waals surface area contributed by atoms with Crippen LogP contribution in [0.5, 0.6) is 0 Å². The van der Waals surface area contributed by atoms with Gasteiger partial charge >= 0.3 is 0 Å². The first kappa shape index (κ1) is 14.6. The van der Waals surface area contributed by atoms with Gasteiger partial charge < -0.3 is 5.32 Å². The van der Waals surface area contributed by atoms with Crippen LogP contribution in [-0.4, -0.2) is 12.1 Å². The molecule has 0 spiro atoms. The molecule has 0 fully saturated rings. The number of benzene rings is 2. The van der Waals surface area contributed by atoms with E-state index in [4.69, 9.17) is 11.6 Å². The Kier molecular flexibility index (Phi) is 4.62. The van der Waals surface area contributed by atoms with Crippen LogP contribution < -0.4 is 5.32 Å². The molecule has 0 saturated heterocycles. The summed E-state index contributed by atoms with van der Waals surface area (Å²) in [5.74, 6) is 0. The molecule has 1 aliphatic carbocycles. The molecule has 1 aliphatic rings. The van der Waals surface area contributed by atoms with Gasteiger partial charge in [-0.2, -0.15) is 0 Å². The Balaban J connectivity index is 1.49. The van der Waals surface area contributed by atoms with Crippen molar-refractivity contribution in [3.63, 3.8) is 0 Å². The molecular formula is C19H22ClN. The van der Waals surface area contributed by atoms with E-state index >= 15 is 0 Å². The first-order valence-electron chi connectivity index (χ1n) is 7.78. The van der Waals surface area contributed by atoms with Gasteiger partial charge in [0.2, 0.25) is 0 Å². The summed E-state index contributed by atoms with van der Waals surface area (Å²) < 4.78 is 0. The molecule has 21 heavy (non-hydrogen) atoms. The second-order valence-electron chi connectivity index (χ2n) is 6.11. The van der Waals surface area contributed by atoms with Crippen LogP contribution in [0.1, 0.15) is 30.0 Å². The highest BCUT2D eigenvalue weighted by molar-refractivity contribution is 6.30. The zero-order valence-electron chi connectivity index (χ0n) is 12.5. The quantitative estimate of drug-likeness (QED) is 0.862. The molecule has 2 aromatic carbocycles. The van der Waals surface area contributed by atoms with Gasteiger partial charge in [0.1, 0.15) is 0 Å². The normalized spacial score (nSPS) is 18.5. The first-order valence-corrected chi connectivity index (χ1v) is 8.16. The van der Waals surface area contributed by atoms with E-state index in [0.29, 0.717) is 12.1 Å². The molecule has 2 unspecified atom stereocenters. The second-order valence-corrected chi connectivity index (χ2v) is 6.55. The minimum atomic E-state index is 0.542. The fourth-order valence-electron chi connectivity index (χ4n) is 3.22. The van der Waals surface area contributed by atoms with Crippen molar-refractivity contribution in [2.75, 3.05) is 0 Å². The molecule has 110 valence electrons. The van der Waals surface area contributed by atoms with E-state index < -0.39 is 0 Å². The number of hydrogen-bond donors (Lipinski definition) is 1. The molecule has 3 rings (SSSR count). The van der Waals surface area contributed by atoms with Crippen LogP contribution in [0.25, 0.3) is 0 Å². The summed E-state index contributed by atoms with van der Waals surface area (Å²) in [5, 5.41) is 4.63. The summed E-state index contributed by atoms with van der Waals surface area (Å²) in [6, 6.07) is 18.1. The SMILES string of the molecule is CC(CCc1ccccc1)NC1Cc2ccc(Cl)cc2C1. The molecule has 2 atom stereocenters. The monoisotopic (exact) mass is 299 g/mol. The lowest BCUT2D eigenvalue weighted by Gasteiger charge is -2.19. The molecule has 1 nitrogen and oxygen atoms in total. The number of hydrogen-bond acceptors (Lipinski definition) is 1. The van der Waals surface area contributed by atoms with Crippen LogP contribution in [0.15, 0.2) is 48.5 Å². The molecule has 2 aromatic rings. The Bertz CT molecular complexity index is 594. The van der Waals surface area contributed by atoms with Gasteiger partial charge in [0, 0.05) is 17.1 Å². The summed E-state index contributed by atoms with van der Waals surface area (Å²) in [6.07, 6.45) is 4.55. The van der Waals surface area contributed by atoms with Gasteiger partial charge in [-0.05, 0) is 61.4 Å². The maximum atomic E-state index is 6.07. The van der Waals surface area contributed by atoms with E-state index in [2.05, 4.69) is 54.7 Å². The van der Waals surface area contributed by atoms with E-state index in [1.807, 2.05) is 6.07 Å². The van der Waals surface area contributed by atoms with Gasteiger partial charge in [-0.1, -0.05) is 48.0 Å². The number of fused-ring (bicyclic) bond motifs is 1. The lowest BCUT2D eigenvalue weighted by molar-refractivity contribution is 0.436. The Morgan fingerprint density at radius 3 is 2.67 bits per heavy atom. The molecule has 0 heterocycles. The Morgan fingerprint density at radius 2 is 1.86 bits per heavy atom. The minimum absolute atomic E-state index is 0.542. The van der Waals surface area contributed by atoms with Crippen LogP contribution in [0.4, 0.5) is 0 Å². The van der Waals surface area contributed by atoms with E-state index in [1.165, 1.54) is 23.1 Å². The summed E-state index contributed by atoms with van der Waals surface area (Å²) in [6.45, 7) is 2.29. The highest BCUT2D eigenvalue weighted by atomic mass is 35.5.